The number of benzene rings is 2. The molecule has 0 atom stereocenters. The lowest BCUT2D eigenvalue weighted by Gasteiger charge is -2.23. The van der Waals surface area contributed by atoms with Crippen LogP contribution in [0.5, 0.6) is 0 Å². The second-order valence-corrected chi connectivity index (χ2v) is 5.45. The molecule has 0 bridgehead atoms. The van der Waals surface area contributed by atoms with Gasteiger partial charge in [0, 0.05) is 23.7 Å². The van der Waals surface area contributed by atoms with Gasteiger partial charge in [-0.05, 0) is 42.8 Å². The minimum Gasteiger partial charge on any atom is -0.307 e. The molecule has 1 N–H and O–H groups in total. The molecular weight excluding hydrogens is 298 g/mol. The third-order valence-electron chi connectivity index (χ3n) is 3.42. The van der Waals surface area contributed by atoms with Crippen molar-refractivity contribution in [2.75, 3.05) is 16.8 Å². The fourth-order valence-corrected chi connectivity index (χ4v) is 2.51. The van der Waals surface area contributed by atoms with E-state index in [1.807, 2.05) is 42.5 Å². The molecule has 0 saturated carbocycles. The fourth-order valence-electron chi connectivity index (χ4n) is 2.38. The Morgan fingerprint density at radius 3 is 2.45 bits per heavy atom. The van der Waals surface area contributed by atoms with Gasteiger partial charge in [0.2, 0.25) is 0 Å². The summed E-state index contributed by atoms with van der Waals surface area (Å²) in [4.78, 5) is 18.8. The number of hydrogen-bond acceptors (Lipinski definition) is 2. The first kappa shape index (κ1) is 14.6. The Kier molecular flexibility index (Phi) is 4.39. The fraction of sp³-hybridized carbons (Fsp3) is 0.176. The molecule has 2 amide bonds. The number of para-hydroxylation sites is 1. The maximum atomic E-state index is 12.7. The van der Waals surface area contributed by atoms with Crippen LogP contribution in [-0.4, -0.2) is 18.4 Å². The highest BCUT2D eigenvalue weighted by Gasteiger charge is 2.23. The zero-order valence-electron chi connectivity index (χ0n) is 12.0. The summed E-state index contributed by atoms with van der Waals surface area (Å²) in [7, 11) is 0. The molecule has 4 nitrogen and oxygen atoms in total. The average Bonchev–Trinajstić information content (AvgIpc) is 3.04. The van der Waals surface area contributed by atoms with Crippen LogP contribution in [0.4, 0.5) is 16.2 Å². The van der Waals surface area contributed by atoms with E-state index in [9.17, 15) is 4.79 Å². The lowest BCUT2D eigenvalue weighted by Crippen LogP contribution is -2.39. The number of halogens is 1. The third kappa shape index (κ3) is 3.28. The molecule has 112 valence electrons. The zero-order chi connectivity index (χ0) is 15.4. The molecule has 0 saturated heterocycles. The Hall–Kier alpha value is -2.33. The number of anilines is 2. The third-order valence-corrected chi connectivity index (χ3v) is 3.68. The molecular formula is C17H16ClN3O. The average molecular weight is 314 g/mol. The molecule has 0 aliphatic carbocycles. The van der Waals surface area contributed by atoms with Gasteiger partial charge in [-0.15, -0.1) is 0 Å². The van der Waals surface area contributed by atoms with Crippen molar-refractivity contribution in [1.29, 1.82) is 0 Å². The molecule has 3 rings (SSSR count). The van der Waals surface area contributed by atoms with Crippen LogP contribution in [0.2, 0.25) is 5.02 Å². The Balaban J connectivity index is 1.88. The van der Waals surface area contributed by atoms with E-state index >= 15 is 0 Å². The largest absolute Gasteiger partial charge is 0.331 e. The van der Waals surface area contributed by atoms with Crippen molar-refractivity contribution in [3.05, 3.63) is 59.6 Å². The summed E-state index contributed by atoms with van der Waals surface area (Å²) in [6.07, 6.45) is 1.77. The molecule has 0 spiro atoms. The number of hydrogen-bond donors (Lipinski definition) is 1. The normalized spacial score (nSPS) is 13.6. The van der Waals surface area contributed by atoms with E-state index in [2.05, 4.69) is 10.3 Å². The molecule has 1 heterocycles. The highest BCUT2D eigenvalue weighted by molar-refractivity contribution is 6.30. The van der Waals surface area contributed by atoms with E-state index in [-0.39, 0.29) is 6.03 Å². The van der Waals surface area contributed by atoms with E-state index in [1.165, 1.54) is 0 Å². The zero-order valence-corrected chi connectivity index (χ0v) is 12.8. The van der Waals surface area contributed by atoms with E-state index < -0.39 is 0 Å². The Labute approximate surface area is 134 Å². The van der Waals surface area contributed by atoms with Crippen molar-refractivity contribution in [2.24, 2.45) is 4.99 Å². The van der Waals surface area contributed by atoms with Gasteiger partial charge in [0.25, 0.3) is 0 Å². The van der Waals surface area contributed by atoms with Crippen LogP contribution in [-0.2, 0) is 0 Å². The van der Waals surface area contributed by atoms with Crippen molar-refractivity contribution < 1.29 is 4.79 Å². The Bertz CT molecular complexity index is 683. The SMILES string of the molecule is O=C(Nc1ccccc1)N(C1=NCCC1)c1ccc(Cl)cc1. The van der Waals surface area contributed by atoms with E-state index in [1.54, 1.807) is 17.0 Å². The summed E-state index contributed by atoms with van der Waals surface area (Å²) in [5, 5.41) is 3.54. The predicted octanol–water partition coefficient (Wildman–Crippen LogP) is 4.57. The standard InChI is InChI=1S/C17H16ClN3O/c18-13-8-10-15(11-9-13)21(16-7-4-12-19-16)17(22)20-14-5-2-1-3-6-14/h1-3,5-6,8-11H,4,7,12H2,(H,20,22). The van der Waals surface area contributed by atoms with Gasteiger partial charge in [-0.1, -0.05) is 29.8 Å². The van der Waals surface area contributed by atoms with E-state index in [0.29, 0.717) is 5.02 Å². The molecule has 1 aliphatic heterocycles. The van der Waals surface area contributed by atoms with Crippen LogP contribution >= 0.6 is 11.6 Å². The number of carbonyl (C=O) groups is 1. The van der Waals surface area contributed by atoms with Crippen LogP contribution in [0.15, 0.2) is 59.6 Å². The quantitative estimate of drug-likeness (QED) is 0.867. The van der Waals surface area contributed by atoms with Crippen LogP contribution in [0, 0.1) is 0 Å². The van der Waals surface area contributed by atoms with Crippen molar-refractivity contribution in [3.63, 3.8) is 0 Å². The van der Waals surface area contributed by atoms with Gasteiger partial charge in [-0.2, -0.15) is 0 Å². The predicted molar refractivity (Wildman–Crippen MR) is 90.9 cm³/mol. The minimum atomic E-state index is -0.214. The Morgan fingerprint density at radius 2 is 1.82 bits per heavy atom. The summed E-state index contributed by atoms with van der Waals surface area (Å²) in [5.41, 5.74) is 1.52. The highest BCUT2D eigenvalue weighted by atomic mass is 35.5. The summed E-state index contributed by atoms with van der Waals surface area (Å²) >= 11 is 5.94. The van der Waals surface area contributed by atoms with Gasteiger partial charge >= 0.3 is 6.03 Å². The second-order valence-electron chi connectivity index (χ2n) is 5.01. The van der Waals surface area contributed by atoms with Gasteiger partial charge in [0.15, 0.2) is 0 Å². The summed E-state index contributed by atoms with van der Waals surface area (Å²) in [6.45, 7) is 0.762. The lowest BCUT2D eigenvalue weighted by molar-refractivity contribution is 0.259. The topological polar surface area (TPSA) is 44.7 Å². The van der Waals surface area contributed by atoms with Crippen molar-refractivity contribution in [1.82, 2.24) is 0 Å². The van der Waals surface area contributed by atoms with Crippen LogP contribution < -0.4 is 10.2 Å². The number of urea groups is 1. The molecule has 0 unspecified atom stereocenters. The van der Waals surface area contributed by atoms with Crippen LogP contribution in [0.3, 0.4) is 0 Å². The number of amides is 2. The number of aliphatic imine (C=N–C) groups is 1. The van der Waals surface area contributed by atoms with Gasteiger partial charge in [-0.25, -0.2) is 4.79 Å². The first-order valence-corrected chi connectivity index (χ1v) is 7.57. The van der Waals surface area contributed by atoms with Gasteiger partial charge < -0.3 is 5.32 Å². The van der Waals surface area contributed by atoms with Crippen molar-refractivity contribution in [2.45, 2.75) is 12.8 Å². The Morgan fingerprint density at radius 1 is 1.09 bits per heavy atom. The molecule has 2 aromatic rings. The molecule has 0 fully saturated rings. The van der Waals surface area contributed by atoms with Crippen molar-refractivity contribution >= 4 is 34.8 Å². The summed E-state index contributed by atoms with van der Waals surface area (Å²) < 4.78 is 0. The second kappa shape index (κ2) is 6.62. The number of amidine groups is 1. The van der Waals surface area contributed by atoms with E-state index in [0.717, 1.165) is 36.6 Å². The molecule has 0 aromatic heterocycles. The van der Waals surface area contributed by atoms with Crippen LogP contribution in [0.1, 0.15) is 12.8 Å². The smallest absolute Gasteiger partial charge is 0.307 e. The first-order chi connectivity index (χ1) is 10.7. The molecule has 1 aliphatic rings. The maximum absolute atomic E-state index is 12.7. The molecule has 5 heteroatoms. The number of nitrogens with zero attached hydrogens (tertiary/aromatic N) is 2. The molecule has 22 heavy (non-hydrogen) atoms. The molecule has 2 aromatic carbocycles. The first-order valence-electron chi connectivity index (χ1n) is 7.19. The van der Waals surface area contributed by atoms with Gasteiger partial charge in [0.05, 0.1) is 5.69 Å². The van der Waals surface area contributed by atoms with Gasteiger partial charge in [-0.3, -0.25) is 9.89 Å². The summed E-state index contributed by atoms with van der Waals surface area (Å²) in [5.74, 6) is 0.788. The number of carbonyl (C=O) groups excluding carboxylic acids is 1. The highest BCUT2D eigenvalue weighted by Crippen LogP contribution is 2.23. The summed E-state index contributed by atoms with van der Waals surface area (Å²) in [6, 6.07) is 16.4. The maximum Gasteiger partial charge on any atom is 0.331 e. The minimum absolute atomic E-state index is 0.214. The monoisotopic (exact) mass is 313 g/mol. The number of nitrogens with one attached hydrogen (secondary N) is 1. The van der Waals surface area contributed by atoms with Gasteiger partial charge in [0.1, 0.15) is 5.84 Å². The van der Waals surface area contributed by atoms with Crippen LogP contribution in [0.25, 0.3) is 0 Å². The number of rotatable bonds is 2. The lowest BCUT2D eigenvalue weighted by atomic mass is 10.2. The van der Waals surface area contributed by atoms with Crippen molar-refractivity contribution in [3.8, 4) is 0 Å². The molecule has 0 radical (unpaired) electrons. The van der Waals surface area contributed by atoms with E-state index in [4.69, 9.17) is 11.6 Å².